The zero-order chi connectivity index (χ0) is 23.8. The number of aromatic nitrogens is 3. The summed E-state index contributed by atoms with van der Waals surface area (Å²) in [6.45, 7) is 4.86. The first-order valence-electron chi connectivity index (χ1n) is 12.4. The van der Waals surface area contributed by atoms with Gasteiger partial charge in [-0.2, -0.15) is 5.10 Å². The molecule has 1 saturated heterocycles. The van der Waals surface area contributed by atoms with Crippen LogP contribution in [0.5, 0.6) is 0 Å². The van der Waals surface area contributed by atoms with Gasteiger partial charge in [-0.25, -0.2) is 13.9 Å². The first-order chi connectivity index (χ1) is 16.4. The number of nitrogens with one attached hydrogen (secondary N) is 1. The van der Waals surface area contributed by atoms with Crippen LogP contribution in [0.1, 0.15) is 68.6 Å². The van der Waals surface area contributed by atoms with E-state index in [0.29, 0.717) is 34.7 Å². The van der Waals surface area contributed by atoms with Crippen molar-refractivity contribution in [1.29, 1.82) is 0 Å². The van der Waals surface area contributed by atoms with Crippen molar-refractivity contribution in [2.24, 2.45) is 5.92 Å². The number of fused-ring (bicyclic) bond motifs is 1. The molecule has 1 aliphatic carbocycles. The molecule has 34 heavy (non-hydrogen) atoms. The summed E-state index contributed by atoms with van der Waals surface area (Å²) in [4.78, 5) is 19.9. The lowest BCUT2D eigenvalue weighted by atomic mass is 10.1. The fourth-order valence-corrected chi connectivity index (χ4v) is 4.77. The third-order valence-electron chi connectivity index (χ3n) is 7.02. The van der Waals surface area contributed by atoms with Crippen LogP contribution in [-0.2, 0) is 6.42 Å². The topological polar surface area (TPSA) is 82.8 Å². The smallest absolute Gasteiger partial charge is 0.272 e. The van der Waals surface area contributed by atoms with E-state index in [2.05, 4.69) is 22.3 Å². The largest absolute Gasteiger partial charge is 0.374 e. The van der Waals surface area contributed by atoms with Crippen LogP contribution in [0.2, 0.25) is 0 Å². The third kappa shape index (κ3) is 4.51. The molecule has 1 saturated carbocycles. The van der Waals surface area contributed by atoms with Crippen LogP contribution >= 0.6 is 0 Å². The van der Waals surface area contributed by atoms with E-state index in [0.717, 1.165) is 50.8 Å². The van der Waals surface area contributed by atoms with E-state index in [-0.39, 0.29) is 17.9 Å². The molecule has 1 aliphatic heterocycles. The van der Waals surface area contributed by atoms with Gasteiger partial charge in [-0.15, -0.1) is 0 Å². The number of carbonyl (C=O) groups excluding carboxylic acids is 1. The summed E-state index contributed by atoms with van der Waals surface area (Å²) in [6, 6.07) is 8.53. The van der Waals surface area contributed by atoms with Crippen molar-refractivity contribution in [3.8, 4) is 11.3 Å². The fraction of sp³-hybridized carbons (Fsp3) is 0.500. The molecule has 0 bridgehead atoms. The number of aliphatic hydroxyl groups is 1. The summed E-state index contributed by atoms with van der Waals surface area (Å²) < 4.78 is 16.7. The van der Waals surface area contributed by atoms with Gasteiger partial charge in [0, 0.05) is 41.5 Å². The highest BCUT2D eigenvalue weighted by Gasteiger charge is 2.30. The number of carbonyl (C=O) groups is 1. The van der Waals surface area contributed by atoms with Crippen molar-refractivity contribution in [2.75, 3.05) is 11.9 Å². The van der Waals surface area contributed by atoms with Gasteiger partial charge in [0.2, 0.25) is 0 Å². The molecule has 2 fully saturated rings. The molecule has 3 aromatic rings. The number of aryl methyl sites for hydroxylation is 1. The minimum Gasteiger partial charge on any atom is -0.374 e. The summed E-state index contributed by atoms with van der Waals surface area (Å²) in [7, 11) is 0. The molecule has 3 heterocycles. The standard InChI is InChI=1S/C26H32FN5O2/c1-3-19-14-23(26(34)31-12-6-4-5-7-16(31)2)29-24-15-22(30-32(19)24)20-11-10-18(13-21(20)27)28-25(33)17-8-9-17/h10-11,13-17,25,28,33H,3-9,12H2,1-2H3/t16-,25?/m1/s1. The maximum absolute atomic E-state index is 15.0. The van der Waals surface area contributed by atoms with Crippen LogP contribution in [0.3, 0.4) is 0 Å². The van der Waals surface area contributed by atoms with Gasteiger partial charge in [0.25, 0.3) is 5.91 Å². The molecule has 1 unspecified atom stereocenters. The zero-order valence-electron chi connectivity index (χ0n) is 19.8. The number of amides is 1. The van der Waals surface area contributed by atoms with Crippen LogP contribution in [0.4, 0.5) is 10.1 Å². The number of nitrogens with zero attached hydrogens (tertiary/aromatic N) is 4. The third-order valence-corrected chi connectivity index (χ3v) is 7.02. The normalized spacial score (nSPS) is 19.8. The molecule has 2 aliphatic rings. The molecular weight excluding hydrogens is 433 g/mol. The molecule has 1 amide bonds. The number of aliphatic hydroxyl groups excluding tert-OH is 1. The number of hydrogen-bond donors (Lipinski definition) is 2. The van der Waals surface area contributed by atoms with Crippen LogP contribution in [0, 0.1) is 11.7 Å². The second-order valence-electron chi connectivity index (χ2n) is 9.60. The average molecular weight is 466 g/mol. The van der Waals surface area contributed by atoms with Gasteiger partial charge in [-0.1, -0.05) is 19.8 Å². The SMILES string of the molecule is CCc1cc(C(=O)N2CCCCC[C@H]2C)nc2cc(-c3ccc(NC(O)C4CC4)cc3F)nn12. The fourth-order valence-electron chi connectivity index (χ4n) is 4.77. The Bertz CT molecular complexity index is 1210. The van der Waals surface area contributed by atoms with Gasteiger partial charge in [0.05, 0.1) is 5.69 Å². The lowest BCUT2D eigenvalue weighted by Crippen LogP contribution is -2.38. The molecule has 2 aromatic heterocycles. The van der Waals surface area contributed by atoms with Gasteiger partial charge in [-0.05, 0) is 63.3 Å². The second-order valence-corrected chi connectivity index (χ2v) is 9.60. The van der Waals surface area contributed by atoms with Crippen molar-refractivity contribution in [3.63, 3.8) is 0 Å². The molecule has 0 radical (unpaired) electrons. The number of hydrogen-bond acceptors (Lipinski definition) is 5. The Morgan fingerprint density at radius 3 is 2.76 bits per heavy atom. The van der Waals surface area contributed by atoms with E-state index >= 15 is 0 Å². The molecule has 8 heteroatoms. The number of likely N-dealkylation sites (tertiary alicyclic amines) is 1. The highest BCUT2D eigenvalue weighted by Crippen LogP contribution is 2.34. The van der Waals surface area contributed by atoms with Gasteiger partial charge in [0.15, 0.2) is 5.65 Å². The van der Waals surface area contributed by atoms with Crippen molar-refractivity contribution < 1.29 is 14.3 Å². The summed E-state index contributed by atoms with van der Waals surface area (Å²) in [6.07, 6.45) is 6.30. The molecule has 1 aromatic carbocycles. The van der Waals surface area contributed by atoms with Gasteiger partial charge >= 0.3 is 0 Å². The van der Waals surface area contributed by atoms with Crippen molar-refractivity contribution in [1.82, 2.24) is 19.5 Å². The monoisotopic (exact) mass is 465 g/mol. The Labute approximate surface area is 199 Å². The van der Waals surface area contributed by atoms with Crippen LogP contribution in [0.25, 0.3) is 16.9 Å². The number of rotatable bonds is 6. The molecule has 5 rings (SSSR count). The van der Waals surface area contributed by atoms with Gasteiger partial charge < -0.3 is 15.3 Å². The predicted molar refractivity (Wildman–Crippen MR) is 129 cm³/mol. The summed E-state index contributed by atoms with van der Waals surface area (Å²) in [5, 5.41) is 17.6. The molecule has 180 valence electrons. The van der Waals surface area contributed by atoms with Crippen molar-refractivity contribution >= 4 is 17.2 Å². The Morgan fingerprint density at radius 2 is 2.03 bits per heavy atom. The van der Waals surface area contributed by atoms with E-state index in [4.69, 9.17) is 0 Å². The Morgan fingerprint density at radius 1 is 1.21 bits per heavy atom. The lowest BCUT2D eigenvalue weighted by molar-refractivity contribution is 0.0692. The van der Waals surface area contributed by atoms with E-state index in [1.54, 1.807) is 22.7 Å². The molecule has 0 spiro atoms. The minimum absolute atomic E-state index is 0.0508. The van der Waals surface area contributed by atoms with Crippen LogP contribution in [0.15, 0.2) is 30.3 Å². The van der Waals surface area contributed by atoms with E-state index in [1.165, 1.54) is 6.07 Å². The Kier molecular flexibility index (Phi) is 6.25. The van der Waals surface area contributed by atoms with E-state index in [9.17, 15) is 14.3 Å². The second kappa shape index (κ2) is 9.33. The highest BCUT2D eigenvalue weighted by atomic mass is 19.1. The van der Waals surface area contributed by atoms with E-state index in [1.807, 2.05) is 17.9 Å². The average Bonchev–Trinajstić information content (AvgIpc) is 3.62. The van der Waals surface area contributed by atoms with Gasteiger partial charge in [0.1, 0.15) is 17.7 Å². The Balaban J connectivity index is 1.45. The minimum atomic E-state index is -0.653. The summed E-state index contributed by atoms with van der Waals surface area (Å²) in [5.74, 6) is -0.233. The zero-order valence-corrected chi connectivity index (χ0v) is 19.8. The lowest BCUT2D eigenvalue weighted by Gasteiger charge is -2.27. The summed E-state index contributed by atoms with van der Waals surface area (Å²) in [5.41, 5.74) is 3.16. The molecule has 2 N–H and O–H groups in total. The van der Waals surface area contributed by atoms with E-state index < -0.39 is 12.0 Å². The van der Waals surface area contributed by atoms with Crippen molar-refractivity contribution in [2.45, 2.75) is 71.1 Å². The molecular formula is C26H32FN5O2. The van der Waals surface area contributed by atoms with Crippen LogP contribution in [-0.4, -0.2) is 49.3 Å². The predicted octanol–water partition coefficient (Wildman–Crippen LogP) is 4.64. The highest BCUT2D eigenvalue weighted by molar-refractivity contribution is 5.93. The van der Waals surface area contributed by atoms with Crippen molar-refractivity contribution in [3.05, 3.63) is 47.5 Å². The first kappa shape index (κ1) is 22.8. The Hall–Kier alpha value is -3.00. The number of halogens is 1. The quantitative estimate of drug-likeness (QED) is 0.518. The maximum atomic E-state index is 15.0. The molecule has 2 atom stereocenters. The first-order valence-corrected chi connectivity index (χ1v) is 12.4. The van der Waals surface area contributed by atoms with Gasteiger partial charge in [-0.3, -0.25) is 4.79 Å². The summed E-state index contributed by atoms with van der Waals surface area (Å²) >= 11 is 0. The molecule has 7 nitrogen and oxygen atoms in total. The maximum Gasteiger partial charge on any atom is 0.272 e. The number of benzene rings is 1. The van der Waals surface area contributed by atoms with Crippen LogP contribution < -0.4 is 5.32 Å². The number of anilines is 1.